The molecule has 0 bridgehead atoms. The van der Waals surface area contributed by atoms with Gasteiger partial charge in [0, 0.05) is 12.6 Å². The van der Waals surface area contributed by atoms with Gasteiger partial charge in [-0.15, -0.1) is 0 Å². The molecule has 0 aliphatic rings. The molecule has 0 aromatic carbocycles. The van der Waals surface area contributed by atoms with Crippen LogP contribution in [0.5, 0.6) is 0 Å². The number of halogens is 1. The third-order valence-electron chi connectivity index (χ3n) is 2.87. The first-order valence-electron chi connectivity index (χ1n) is 5.83. The van der Waals surface area contributed by atoms with Gasteiger partial charge in [0.1, 0.15) is 17.4 Å². The molecule has 0 saturated carbocycles. The molecule has 2 aromatic heterocycles. The molecule has 18 heavy (non-hydrogen) atoms. The van der Waals surface area contributed by atoms with Gasteiger partial charge < -0.3 is 5.11 Å². The Morgan fingerprint density at radius 3 is 2.83 bits per heavy atom. The first kappa shape index (κ1) is 12.8. The minimum atomic E-state index is -0.872. The molecular weight excluding hydrogens is 254 g/mol. The van der Waals surface area contributed by atoms with Crippen LogP contribution in [0.2, 0.25) is 5.02 Å². The first-order chi connectivity index (χ1) is 8.58. The average molecular weight is 268 g/mol. The van der Waals surface area contributed by atoms with Gasteiger partial charge in [-0.05, 0) is 12.5 Å². The summed E-state index contributed by atoms with van der Waals surface area (Å²) in [4.78, 5) is 19.9. The van der Waals surface area contributed by atoms with Gasteiger partial charge in [-0.25, -0.2) is 14.8 Å². The van der Waals surface area contributed by atoms with E-state index in [-0.39, 0.29) is 0 Å². The highest BCUT2D eigenvalue weighted by atomic mass is 35.5. The number of carboxylic acid groups (broad SMARTS) is 1. The van der Waals surface area contributed by atoms with Crippen molar-refractivity contribution in [1.82, 2.24) is 14.5 Å². The van der Waals surface area contributed by atoms with Gasteiger partial charge in [0.15, 0.2) is 5.65 Å². The summed E-state index contributed by atoms with van der Waals surface area (Å²) in [5, 5.41) is 9.77. The number of aliphatic carboxylic acids is 1. The molecule has 1 unspecified atom stereocenters. The molecule has 0 spiro atoms. The highest BCUT2D eigenvalue weighted by Crippen LogP contribution is 2.24. The fraction of sp³-hybridized carbons (Fsp3) is 0.417. The minimum Gasteiger partial charge on any atom is -0.480 e. The third-order valence-corrected chi connectivity index (χ3v) is 3.08. The predicted molar refractivity (Wildman–Crippen MR) is 68.9 cm³/mol. The van der Waals surface area contributed by atoms with Crippen molar-refractivity contribution in [3.63, 3.8) is 0 Å². The summed E-state index contributed by atoms with van der Waals surface area (Å²) < 4.78 is 1.69. The van der Waals surface area contributed by atoms with Crippen molar-refractivity contribution in [3.8, 4) is 0 Å². The molecule has 0 radical (unpaired) electrons. The van der Waals surface area contributed by atoms with E-state index < -0.39 is 12.0 Å². The van der Waals surface area contributed by atoms with Gasteiger partial charge >= 0.3 is 5.97 Å². The number of aryl methyl sites for hydroxylation is 1. The number of aromatic nitrogens is 3. The number of nitrogens with zero attached hydrogens (tertiary/aromatic N) is 3. The second-order valence-corrected chi connectivity index (χ2v) is 4.45. The van der Waals surface area contributed by atoms with Crippen LogP contribution in [0, 0.1) is 0 Å². The molecule has 0 fully saturated rings. The van der Waals surface area contributed by atoms with Gasteiger partial charge in [0.05, 0.1) is 5.02 Å². The number of fused-ring (bicyclic) bond motifs is 1. The maximum absolute atomic E-state index is 11.3. The van der Waals surface area contributed by atoms with Crippen molar-refractivity contribution in [1.29, 1.82) is 0 Å². The summed E-state index contributed by atoms with van der Waals surface area (Å²) >= 11 is 5.87. The zero-order valence-electron chi connectivity index (χ0n) is 10.2. The second kappa shape index (κ2) is 4.94. The van der Waals surface area contributed by atoms with E-state index in [1.165, 1.54) is 6.20 Å². The van der Waals surface area contributed by atoms with E-state index in [0.29, 0.717) is 34.9 Å². The highest BCUT2D eigenvalue weighted by Gasteiger charge is 2.23. The predicted octanol–water partition coefficient (Wildman–Crippen LogP) is 2.68. The molecule has 1 N–H and O–H groups in total. The lowest BCUT2D eigenvalue weighted by molar-refractivity contribution is -0.140. The zero-order chi connectivity index (χ0) is 13.3. The molecule has 2 rings (SSSR count). The summed E-state index contributed by atoms with van der Waals surface area (Å²) in [6.45, 7) is 3.77. The fourth-order valence-corrected chi connectivity index (χ4v) is 2.20. The lowest BCUT2D eigenvalue weighted by atomic mass is 10.2. The largest absolute Gasteiger partial charge is 0.480 e. The van der Waals surface area contributed by atoms with Crippen molar-refractivity contribution < 1.29 is 9.90 Å². The van der Waals surface area contributed by atoms with Crippen molar-refractivity contribution >= 4 is 28.7 Å². The van der Waals surface area contributed by atoms with Gasteiger partial charge in [-0.2, -0.15) is 0 Å². The van der Waals surface area contributed by atoms with E-state index in [2.05, 4.69) is 9.97 Å². The standard InChI is InChI=1S/C12H14ClN3O2/c1-3-9(12(17)18)16-10(4-2)15-8-5-7(13)6-14-11(8)16/h5-6,9H,3-4H2,1-2H3,(H,17,18). The highest BCUT2D eigenvalue weighted by molar-refractivity contribution is 6.31. The molecular formula is C12H14ClN3O2. The Bertz CT molecular complexity index is 594. The molecule has 2 aromatic rings. The van der Waals surface area contributed by atoms with Crippen LogP contribution in [0.25, 0.3) is 11.2 Å². The Morgan fingerprint density at radius 1 is 1.56 bits per heavy atom. The van der Waals surface area contributed by atoms with E-state index in [1.54, 1.807) is 10.6 Å². The third kappa shape index (κ3) is 2.06. The van der Waals surface area contributed by atoms with E-state index >= 15 is 0 Å². The fourth-order valence-electron chi connectivity index (χ4n) is 2.05. The number of carbonyl (C=O) groups is 1. The Labute approximate surface area is 109 Å². The van der Waals surface area contributed by atoms with Gasteiger partial charge in [-0.1, -0.05) is 25.4 Å². The Hall–Kier alpha value is -1.62. The van der Waals surface area contributed by atoms with Crippen molar-refractivity contribution in [3.05, 3.63) is 23.1 Å². The monoisotopic (exact) mass is 267 g/mol. The lowest BCUT2D eigenvalue weighted by Crippen LogP contribution is -2.20. The number of rotatable bonds is 4. The zero-order valence-corrected chi connectivity index (χ0v) is 11.0. The molecule has 2 heterocycles. The van der Waals surface area contributed by atoms with Crippen LogP contribution in [0.15, 0.2) is 12.3 Å². The average Bonchev–Trinajstić information content (AvgIpc) is 2.67. The summed E-state index contributed by atoms with van der Waals surface area (Å²) in [7, 11) is 0. The van der Waals surface area contributed by atoms with Crippen LogP contribution in [0.1, 0.15) is 32.1 Å². The van der Waals surface area contributed by atoms with Crippen molar-refractivity contribution in [2.75, 3.05) is 0 Å². The molecule has 0 saturated heterocycles. The van der Waals surface area contributed by atoms with Crippen LogP contribution in [-0.4, -0.2) is 25.6 Å². The van der Waals surface area contributed by atoms with Crippen LogP contribution in [-0.2, 0) is 11.2 Å². The smallest absolute Gasteiger partial charge is 0.326 e. The molecule has 6 heteroatoms. The molecule has 5 nitrogen and oxygen atoms in total. The van der Waals surface area contributed by atoms with Crippen LogP contribution in [0.3, 0.4) is 0 Å². The number of hydrogen-bond donors (Lipinski definition) is 1. The van der Waals surface area contributed by atoms with Gasteiger partial charge in [-0.3, -0.25) is 4.57 Å². The van der Waals surface area contributed by atoms with Gasteiger partial charge in [0.25, 0.3) is 0 Å². The summed E-state index contributed by atoms with van der Waals surface area (Å²) in [5.41, 5.74) is 1.21. The molecule has 0 aliphatic heterocycles. The lowest BCUT2D eigenvalue weighted by Gasteiger charge is -2.14. The molecule has 0 aliphatic carbocycles. The summed E-state index contributed by atoms with van der Waals surface area (Å²) in [6.07, 6.45) is 2.64. The topological polar surface area (TPSA) is 68.0 Å². The van der Waals surface area contributed by atoms with Crippen molar-refractivity contribution in [2.45, 2.75) is 32.7 Å². The number of hydrogen-bond acceptors (Lipinski definition) is 3. The SMILES string of the molecule is CCc1nc2cc(Cl)cnc2n1C(CC)C(=O)O. The Morgan fingerprint density at radius 2 is 2.28 bits per heavy atom. The second-order valence-electron chi connectivity index (χ2n) is 4.01. The minimum absolute atomic E-state index is 0.484. The van der Waals surface area contributed by atoms with E-state index in [9.17, 15) is 9.90 Å². The van der Waals surface area contributed by atoms with Crippen LogP contribution >= 0.6 is 11.6 Å². The number of carboxylic acids is 1. The molecule has 0 amide bonds. The summed E-state index contributed by atoms with van der Waals surface area (Å²) in [6, 6.07) is 1.06. The molecule has 96 valence electrons. The van der Waals surface area contributed by atoms with Gasteiger partial charge in [0.2, 0.25) is 0 Å². The maximum atomic E-state index is 11.3. The maximum Gasteiger partial charge on any atom is 0.326 e. The van der Waals surface area contributed by atoms with Crippen molar-refractivity contribution in [2.24, 2.45) is 0 Å². The summed E-state index contributed by atoms with van der Waals surface area (Å²) in [5.74, 6) is -0.155. The van der Waals surface area contributed by atoms with Crippen LogP contribution in [0.4, 0.5) is 0 Å². The number of pyridine rings is 1. The Kier molecular flexibility index (Phi) is 3.52. The van der Waals surface area contributed by atoms with Crippen LogP contribution < -0.4 is 0 Å². The first-order valence-corrected chi connectivity index (χ1v) is 6.21. The van der Waals surface area contributed by atoms with E-state index in [4.69, 9.17) is 11.6 Å². The quantitative estimate of drug-likeness (QED) is 0.925. The number of imidazole rings is 1. The van der Waals surface area contributed by atoms with E-state index in [1.807, 2.05) is 13.8 Å². The van der Waals surface area contributed by atoms with E-state index in [0.717, 1.165) is 0 Å². The Balaban J connectivity index is 2.70. The normalized spacial score (nSPS) is 12.8. The molecule has 1 atom stereocenters.